The van der Waals surface area contributed by atoms with Gasteiger partial charge in [0.2, 0.25) is 0 Å². The van der Waals surface area contributed by atoms with Crippen molar-refractivity contribution in [1.29, 1.82) is 0 Å². The van der Waals surface area contributed by atoms with Crippen molar-refractivity contribution >= 4 is 0 Å². The lowest BCUT2D eigenvalue weighted by molar-refractivity contribution is 0.561. The van der Waals surface area contributed by atoms with Crippen LogP contribution in [0.1, 0.15) is 29.9 Å². The molecular weight excluding hydrogens is 214 g/mol. The van der Waals surface area contributed by atoms with E-state index in [1.54, 1.807) is 6.20 Å². The molecule has 5 nitrogen and oxygen atoms in total. The monoisotopic (exact) mass is 231 g/mol. The Balaban J connectivity index is 1.98. The number of nitrogens with one attached hydrogen (secondary N) is 1. The van der Waals surface area contributed by atoms with E-state index >= 15 is 0 Å². The smallest absolute Gasteiger partial charge is 0.0769 e. The van der Waals surface area contributed by atoms with Gasteiger partial charge >= 0.3 is 0 Å². The molecule has 90 valence electrons. The summed E-state index contributed by atoms with van der Waals surface area (Å²) < 4.78 is 1.84. The van der Waals surface area contributed by atoms with Gasteiger partial charge in [0.1, 0.15) is 0 Å². The summed E-state index contributed by atoms with van der Waals surface area (Å²) >= 11 is 0. The van der Waals surface area contributed by atoms with Crippen LogP contribution in [0.15, 0.2) is 24.5 Å². The van der Waals surface area contributed by atoms with Crippen LogP contribution < -0.4 is 5.32 Å². The maximum absolute atomic E-state index is 4.34. The summed E-state index contributed by atoms with van der Waals surface area (Å²) in [6, 6.07) is 4.11. The molecule has 0 fully saturated rings. The third kappa shape index (κ3) is 2.88. The van der Waals surface area contributed by atoms with Gasteiger partial charge in [-0.3, -0.25) is 4.68 Å². The highest BCUT2D eigenvalue weighted by Crippen LogP contribution is 2.15. The largest absolute Gasteiger partial charge is 0.304 e. The summed E-state index contributed by atoms with van der Waals surface area (Å²) in [4.78, 5) is 0. The van der Waals surface area contributed by atoms with Crippen molar-refractivity contribution in [1.82, 2.24) is 25.3 Å². The molecule has 2 heterocycles. The molecule has 0 aliphatic rings. The molecule has 0 aromatic carbocycles. The summed E-state index contributed by atoms with van der Waals surface area (Å²) in [5, 5.41) is 15.6. The molecule has 1 atom stereocenters. The van der Waals surface area contributed by atoms with Gasteiger partial charge in [0.25, 0.3) is 0 Å². The Morgan fingerprint density at radius 2 is 2.29 bits per heavy atom. The second-order valence-electron chi connectivity index (χ2n) is 4.16. The van der Waals surface area contributed by atoms with Crippen LogP contribution in [0.5, 0.6) is 0 Å². The molecule has 1 N–H and O–H groups in total. The van der Waals surface area contributed by atoms with Crippen LogP contribution >= 0.6 is 0 Å². The van der Waals surface area contributed by atoms with Gasteiger partial charge in [-0.15, -0.1) is 0 Å². The van der Waals surface area contributed by atoms with E-state index in [9.17, 15) is 0 Å². The van der Waals surface area contributed by atoms with Crippen molar-refractivity contribution in [3.63, 3.8) is 0 Å². The zero-order chi connectivity index (χ0) is 12.3. The molecule has 2 aromatic rings. The van der Waals surface area contributed by atoms with Crippen LogP contribution in [0.3, 0.4) is 0 Å². The van der Waals surface area contributed by atoms with E-state index in [1.165, 1.54) is 5.56 Å². The summed E-state index contributed by atoms with van der Waals surface area (Å²) in [7, 11) is 1.94. The lowest BCUT2D eigenvalue weighted by Gasteiger charge is -2.12. The second kappa shape index (κ2) is 5.05. The number of hydrogen-bond acceptors (Lipinski definition) is 4. The van der Waals surface area contributed by atoms with Gasteiger partial charge in [0, 0.05) is 37.6 Å². The van der Waals surface area contributed by atoms with Crippen molar-refractivity contribution in [2.75, 3.05) is 0 Å². The maximum Gasteiger partial charge on any atom is 0.0769 e. The topological polar surface area (TPSA) is 55.6 Å². The molecule has 0 bridgehead atoms. The fourth-order valence-corrected chi connectivity index (χ4v) is 1.84. The Labute approximate surface area is 101 Å². The SMILES string of the molecule is Cc1nn(C)cc1C(C)NCc1cccnn1. The molecule has 0 amide bonds. The Kier molecular flexibility index (Phi) is 3.49. The Morgan fingerprint density at radius 1 is 1.47 bits per heavy atom. The van der Waals surface area contributed by atoms with Crippen LogP contribution in [0.4, 0.5) is 0 Å². The number of hydrogen-bond donors (Lipinski definition) is 1. The average molecular weight is 231 g/mol. The lowest BCUT2D eigenvalue weighted by atomic mass is 10.1. The van der Waals surface area contributed by atoms with E-state index in [4.69, 9.17) is 0 Å². The minimum atomic E-state index is 0.255. The molecule has 0 aliphatic heterocycles. The summed E-state index contributed by atoms with van der Waals surface area (Å²) in [5.74, 6) is 0. The first-order chi connectivity index (χ1) is 8.16. The van der Waals surface area contributed by atoms with E-state index < -0.39 is 0 Å². The average Bonchev–Trinajstić information content (AvgIpc) is 2.67. The molecule has 0 saturated carbocycles. The molecule has 17 heavy (non-hydrogen) atoms. The molecule has 0 radical (unpaired) electrons. The molecule has 2 aromatic heterocycles. The normalized spacial score (nSPS) is 12.6. The molecular formula is C12H17N5. The zero-order valence-electron chi connectivity index (χ0n) is 10.4. The highest BCUT2D eigenvalue weighted by atomic mass is 15.3. The van der Waals surface area contributed by atoms with E-state index in [2.05, 4.69) is 27.5 Å². The van der Waals surface area contributed by atoms with Gasteiger partial charge < -0.3 is 5.32 Å². The highest BCUT2D eigenvalue weighted by molar-refractivity contribution is 5.19. The first-order valence-corrected chi connectivity index (χ1v) is 5.67. The van der Waals surface area contributed by atoms with Gasteiger partial charge in [-0.25, -0.2) is 0 Å². The van der Waals surface area contributed by atoms with Crippen molar-refractivity contribution in [3.05, 3.63) is 41.5 Å². The Morgan fingerprint density at radius 3 is 2.88 bits per heavy atom. The first-order valence-electron chi connectivity index (χ1n) is 5.67. The quantitative estimate of drug-likeness (QED) is 0.863. The van der Waals surface area contributed by atoms with Gasteiger partial charge in [-0.2, -0.15) is 15.3 Å². The third-order valence-corrected chi connectivity index (χ3v) is 2.73. The number of aryl methyl sites for hydroxylation is 2. The molecule has 0 saturated heterocycles. The van der Waals surface area contributed by atoms with Crippen LogP contribution in [-0.4, -0.2) is 20.0 Å². The van der Waals surface area contributed by atoms with E-state index in [1.807, 2.05) is 37.0 Å². The first kappa shape index (κ1) is 11.7. The highest BCUT2D eigenvalue weighted by Gasteiger charge is 2.11. The van der Waals surface area contributed by atoms with Gasteiger partial charge in [-0.05, 0) is 26.0 Å². The summed E-state index contributed by atoms with van der Waals surface area (Å²) in [6.45, 7) is 4.86. The van der Waals surface area contributed by atoms with Crippen molar-refractivity contribution < 1.29 is 0 Å². The van der Waals surface area contributed by atoms with Gasteiger partial charge in [0.15, 0.2) is 0 Å². The predicted molar refractivity (Wildman–Crippen MR) is 65.2 cm³/mol. The Hall–Kier alpha value is -1.75. The summed E-state index contributed by atoms with van der Waals surface area (Å²) in [5.41, 5.74) is 3.23. The minimum absolute atomic E-state index is 0.255. The fourth-order valence-electron chi connectivity index (χ4n) is 1.84. The molecule has 2 rings (SSSR count). The van der Waals surface area contributed by atoms with Crippen LogP contribution in [0.2, 0.25) is 0 Å². The standard InChI is InChI=1S/C12H17N5/c1-9(12-8-17(3)16-10(12)2)13-7-11-5-4-6-14-15-11/h4-6,8-9,13H,7H2,1-3H3. The van der Waals surface area contributed by atoms with Crippen LogP contribution in [0.25, 0.3) is 0 Å². The van der Waals surface area contributed by atoms with Crippen molar-refractivity contribution in [3.8, 4) is 0 Å². The molecule has 5 heteroatoms. The van der Waals surface area contributed by atoms with E-state index in [0.717, 1.165) is 11.4 Å². The maximum atomic E-state index is 4.34. The van der Waals surface area contributed by atoms with Crippen LogP contribution in [0, 0.1) is 6.92 Å². The fraction of sp³-hybridized carbons (Fsp3) is 0.417. The number of rotatable bonds is 4. The van der Waals surface area contributed by atoms with Gasteiger partial charge in [0.05, 0.1) is 11.4 Å². The number of nitrogens with zero attached hydrogens (tertiary/aromatic N) is 4. The zero-order valence-corrected chi connectivity index (χ0v) is 10.4. The lowest BCUT2D eigenvalue weighted by Crippen LogP contribution is -2.19. The molecule has 0 aliphatic carbocycles. The predicted octanol–water partition coefficient (Wildman–Crippen LogP) is 1.37. The minimum Gasteiger partial charge on any atom is -0.304 e. The van der Waals surface area contributed by atoms with Crippen molar-refractivity contribution in [2.24, 2.45) is 7.05 Å². The molecule has 1 unspecified atom stereocenters. The third-order valence-electron chi connectivity index (χ3n) is 2.73. The van der Waals surface area contributed by atoms with E-state index in [0.29, 0.717) is 6.54 Å². The van der Waals surface area contributed by atoms with Crippen molar-refractivity contribution in [2.45, 2.75) is 26.4 Å². The molecule has 0 spiro atoms. The van der Waals surface area contributed by atoms with Crippen LogP contribution in [-0.2, 0) is 13.6 Å². The summed E-state index contributed by atoms with van der Waals surface area (Å²) in [6.07, 6.45) is 3.72. The second-order valence-corrected chi connectivity index (χ2v) is 4.16. The Bertz CT molecular complexity index is 477. The number of aromatic nitrogens is 4. The van der Waals surface area contributed by atoms with Gasteiger partial charge in [-0.1, -0.05) is 0 Å². The van der Waals surface area contributed by atoms with E-state index in [-0.39, 0.29) is 6.04 Å².